The van der Waals surface area contributed by atoms with Crippen LogP contribution in [0.4, 0.5) is 0 Å². The highest BCUT2D eigenvalue weighted by Crippen LogP contribution is 2.17. The van der Waals surface area contributed by atoms with Gasteiger partial charge in [-0.3, -0.25) is 4.99 Å². The van der Waals surface area contributed by atoms with E-state index in [1.165, 1.54) is 12.8 Å². The molecule has 1 aromatic rings. The SMILES string of the molecule is CN=C(NCCC1CCCO1)NCC(C)Oc1ccccc1C.I. The maximum atomic E-state index is 5.96. The molecule has 0 amide bonds. The van der Waals surface area contributed by atoms with Crippen molar-refractivity contribution in [3.8, 4) is 5.75 Å². The molecule has 2 rings (SSSR count). The van der Waals surface area contributed by atoms with Gasteiger partial charge in [-0.15, -0.1) is 24.0 Å². The van der Waals surface area contributed by atoms with E-state index in [1.807, 2.05) is 18.2 Å². The highest BCUT2D eigenvalue weighted by Gasteiger charge is 2.15. The van der Waals surface area contributed by atoms with Crippen LogP contribution in [-0.4, -0.2) is 44.9 Å². The number of benzene rings is 1. The molecule has 1 aliphatic rings. The molecule has 1 heterocycles. The number of hydrogen-bond acceptors (Lipinski definition) is 3. The Morgan fingerprint density at radius 2 is 2.17 bits per heavy atom. The van der Waals surface area contributed by atoms with Gasteiger partial charge in [0.05, 0.1) is 12.6 Å². The van der Waals surface area contributed by atoms with Gasteiger partial charge in [0, 0.05) is 20.2 Å². The quantitative estimate of drug-likeness (QED) is 0.383. The van der Waals surface area contributed by atoms with Gasteiger partial charge in [0.1, 0.15) is 11.9 Å². The average Bonchev–Trinajstić information content (AvgIpc) is 3.06. The minimum absolute atomic E-state index is 0. The molecule has 0 aliphatic carbocycles. The normalized spacial score (nSPS) is 18.6. The second kappa shape index (κ2) is 11.5. The molecular formula is C18H30IN3O2. The number of nitrogens with zero attached hydrogens (tertiary/aromatic N) is 1. The number of hydrogen-bond donors (Lipinski definition) is 2. The molecule has 5 nitrogen and oxygen atoms in total. The minimum atomic E-state index is 0. The molecule has 0 spiro atoms. The number of aliphatic imine (C=N–C) groups is 1. The third kappa shape index (κ3) is 7.25. The number of guanidine groups is 1. The Morgan fingerprint density at radius 3 is 2.83 bits per heavy atom. The van der Waals surface area contributed by atoms with E-state index in [1.54, 1.807) is 7.05 Å². The van der Waals surface area contributed by atoms with Crippen molar-refractivity contribution in [2.75, 3.05) is 26.7 Å². The Kier molecular flexibility index (Phi) is 10.1. The second-order valence-electron chi connectivity index (χ2n) is 6.00. The first-order valence-corrected chi connectivity index (χ1v) is 8.47. The third-order valence-electron chi connectivity index (χ3n) is 3.99. The van der Waals surface area contributed by atoms with Crippen LogP contribution in [0.25, 0.3) is 0 Å². The van der Waals surface area contributed by atoms with Gasteiger partial charge in [-0.05, 0) is 44.7 Å². The summed E-state index contributed by atoms with van der Waals surface area (Å²) < 4.78 is 11.6. The Hall–Kier alpha value is -1.02. The van der Waals surface area contributed by atoms with Crippen molar-refractivity contribution in [2.45, 2.75) is 45.3 Å². The van der Waals surface area contributed by atoms with Crippen molar-refractivity contribution < 1.29 is 9.47 Å². The fourth-order valence-corrected chi connectivity index (χ4v) is 2.63. The molecule has 2 N–H and O–H groups in total. The third-order valence-corrected chi connectivity index (χ3v) is 3.99. The van der Waals surface area contributed by atoms with E-state index in [0.29, 0.717) is 12.6 Å². The van der Waals surface area contributed by atoms with Crippen LogP contribution in [0.15, 0.2) is 29.3 Å². The zero-order valence-corrected chi connectivity index (χ0v) is 17.2. The first-order valence-electron chi connectivity index (χ1n) is 8.47. The molecule has 136 valence electrons. The molecule has 0 radical (unpaired) electrons. The van der Waals surface area contributed by atoms with Gasteiger partial charge in [0.25, 0.3) is 0 Å². The van der Waals surface area contributed by atoms with Gasteiger partial charge >= 0.3 is 0 Å². The van der Waals surface area contributed by atoms with Crippen LogP contribution in [0.1, 0.15) is 31.7 Å². The number of rotatable bonds is 7. The number of nitrogens with one attached hydrogen (secondary N) is 2. The number of ether oxygens (including phenoxy) is 2. The van der Waals surface area contributed by atoms with Crippen LogP contribution in [-0.2, 0) is 4.74 Å². The van der Waals surface area contributed by atoms with Gasteiger partial charge in [-0.2, -0.15) is 0 Å². The van der Waals surface area contributed by atoms with E-state index in [-0.39, 0.29) is 30.1 Å². The lowest BCUT2D eigenvalue weighted by Gasteiger charge is -2.19. The molecule has 0 bridgehead atoms. The average molecular weight is 447 g/mol. The zero-order valence-electron chi connectivity index (χ0n) is 14.9. The summed E-state index contributed by atoms with van der Waals surface area (Å²) in [4.78, 5) is 4.25. The van der Waals surface area contributed by atoms with E-state index in [2.05, 4.69) is 35.5 Å². The highest BCUT2D eigenvalue weighted by molar-refractivity contribution is 14.0. The predicted octanol–water partition coefficient (Wildman–Crippen LogP) is 3.11. The number of halogens is 1. The zero-order chi connectivity index (χ0) is 16.5. The summed E-state index contributed by atoms with van der Waals surface area (Å²) >= 11 is 0. The Labute approximate surface area is 162 Å². The topological polar surface area (TPSA) is 54.9 Å². The van der Waals surface area contributed by atoms with E-state index in [4.69, 9.17) is 9.47 Å². The van der Waals surface area contributed by atoms with E-state index in [9.17, 15) is 0 Å². The predicted molar refractivity (Wildman–Crippen MR) is 110 cm³/mol. The van der Waals surface area contributed by atoms with Crippen LogP contribution in [0, 0.1) is 6.92 Å². The summed E-state index contributed by atoms with van der Waals surface area (Å²) in [6, 6.07) is 8.07. The summed E-state index contributed by atoms with van der Waals surface area (Å²) in [5, 5.41) is 6.64. The molecule has 1 fully saturated rings. The van der Waals surface area contributed by atoms with Gasteiger partial charge in [-0.1, -0.05) is 18.2 Å². The Bertz CT molecular complexity index is 505. The molecule has 24 heavy (non-hydrogen) atoms. The van der Waals surface area contributed by atoms with Crippen LogP contribution in [0.5, 0.6) is 5.75 Å². The number of para-hydroxylation sites is 1. The van der Waals surface area contributed by atoms with Crippen molar-refractivity contribution in [1.29, 1.82) is 0 Å². The van der Waals surface area contributed by atoms with E-state index in [0.717, 1.165) is 36.8 Å². The molecule has 0 saturated carbocycles. The van der Waals surface area contributed by atoms with E-state index >= 15 is 0 Å². The molecule has 1 aromatic carbocycles. The molecular weight excluding hydrogens is 417 g/mol. The van der Waals surface area contributed by atoms with Gasteiger partial charge in [-0.25, -0.2) is 0 Å². The molecule has 2 unspecified atom stereocenters. The van der Waals surface area contributed by atoms with Crippen molar-refractivity contribution in [2.24, 2.45) is 4.99 Å². The standard InChI is InChI=1S/C18H29N3O2.HI/c1-14-7-4-5-9-17(14)23-15(2)13-21-18(19-3)20-11-10-16-8-6-12-22-16;/h4-5,7,9,15-16H,6,8,10-13H2,1-3H3,(H2,19,20,21);1H. The van der Waals surface area contributed by atoms with Crippen molar-refractivity contribution >= 4 is 29.9 Å². The van der Waals surface area contributed by atoms with Crippen LogP contribution in [0.3, 0.4) is 0 Å². The lowest BCUT2D eigenvalue weighted by Crippen LogP contribution is -2.42. The molecule has 6 heteroatoms. The second-order valence-corrected chi connectivity index (χ2v) is 6.00. The van der Waals surface area contributed by atoms with Crippen molar-refractivity contribution in [1.82, 2.24) is 10.6 Å². The first-order chi connectivity index (χ1) is 11.2. The highest BCUT2D eigenvalue weighted by atomic mass is 127. The first kappa shape index (κ1) is 21.0. The van der Waals surface area contributed by atoms with Crippen molar-refractivity contribution in [3.63, 3.8) is 0 Å². The van der Waals surface area contributed by atoms with E-state index < -0.39 is 0 Å². The molecule has 2 atom stereocenters. The lowest BCUT2D eigenvalue weighted by molar-refractivity contribution is 0.105. The maximum Gasteiger partial charge on any atom is 0.191 e. The molecule has 1 saturated heterocycles. The lowest BCUT2D eigenvalue weighted by atomic mass is 10.2. The van der Waals surface area contributed by atoms with Crippen LogP contribution in [0.2, 0.25) is 0 Å². The van der Waals surface area contributed by atoms with Gasteiger partial charge in [0.15, 0.2) is 5.96 Å². The minimum Gasteiger partial charge on any atom is -0.489 e. The van der Waals surface area contributed by atoms with Gasteiger partial charge < -0.3 is 20.1 Å². The van der Waals surface area contributed by atoms with Gasteiger partial charge in [0.2, 0.25) is 0 Å². The summed E-state index contributed by atoms with van der Waals surface area (Å²) in [6.45, 7) is 6.59. The largest absolute Gasteiger partial charge is 0.489 e. The fourth-order valence-electron chi connectivity index (χ4n) is 2.63. The summed E-state index contributed by atoms with van der Waals surface area (Å²) in [5.41, 5.74) is 1.15. The summed E-state index contributed by atoms with van der Waals surface area (Å²) in [6.07, 6.45) is 3.85. The maximum absolute atomic E-state index is 5.96. The fraction of sp³-hybridized carbons (Fsp3) is 0.611. The monoisotopic (exact) mass is 447 g/mol. The van der Waals surface area contributed by atoms with Crippen molar-refractivity contribution in [3.05, 3.63) is 29.8 Å². The number of aryl methyl sites for hydroxylation is 1. The summed E-state index contributed by atoms with van der Waals surface area (Å²) in [7, 11) is 1.79. The Balaban J connectivity index is 0.00000288. The summed E-state index contributed by atoms with van der Waals surface area (Å²) in [5.74, 6) is 1.74. The molecule has 1 aliphatic heterocycles. The van der Waals surface area contributed by atoms with Crippen LogP contribution >= 0.6 is 24.0 Å². The molecule has 0 aromatic heterocycles. The van der Waals surface area contributed by atoms with Crippen LogP contribution < -0.4 is 15.4 Å². The Morgan fingerprint density at radius 1 is 1.38 bits per heavy atom. The smallest absolute Gasteiger partial charge is 0.191 e.